The van der Waals surface area contributed by atoms with Gasteiger partial charge in [-0.05, 0) is 85.8 Å². The third-order valence-corrected chi connectivity index (χ3v) is 6.39. The van der Waals surface area contributed by atoms with E-state index < -0.39 is 29.1 Å². The zero-order chi connectivity index (χ0) is 29.7. The molecule has 2 N–H and O–H groups in total. The van der Waals surface area contributed by atoms with E-state index in [0.717, 1.165) is 0 Å². The molecule has 0 bridgehead atoms. The Morgan fingerprint density at radius 1 is 0.927 bits per heavy atom. The van der Waals surface area contributed by atoms with Gasteiger partial charge in [0.15, 0.2) is 0 Å². The molecule has 41 heavy (non-hydrogen) atoms. The molecular formula is C31H30F2N4O4. The summed E-state index contributed by atoms with van der Waals surface area (Å²) in [4.78, 5) is 40.3. The van der Waals surface area contributed by atoms with Crippen molar-refractivity contribution >= 4 is 17.5 Å². The summed E-state index contributed by atoms with van der Waals surface area (Å²) < 4.78 is 35.1. The van der Waals surface area contributed by atoms with Crippen molar-refractivity contribution in [3.63, 3.8) is 0 Å². The van der Waals surface area contributed by atoms with Gasteiger partial charge in [0.1, 0.15) is 28.8 Å². The minimum Gasteiger partial charge on any atom is -0.457 e. The number of hydrogen-bond acceptors (Lipinski definition) is 5. The second-order valence-electron chi connectivity index (χ2n) is 9.65. The van der Waals surface area contributed by atoms with Crippen molar-refractivity contribution < 1.29 is 23.1 Å². The average Bonchev–Trinajstić information content (AvgIpc) is 2.95. The van der Waals surface area contributed by atoms with Gasteiger partial charge in [0, 0.05) is 25.7 Å². The zero-order valence-electron chi connectivity index (χ0n) is 23.1. The van der Waals surface area contributed by atoms with Crippen molar-refractivity contribution in [2.45, 2.75) is 19.5 Å². The van der Waals surface area contributed by atoms with Gasteiger partial charge >= 0.3 is 0 Å². The number of carbonyl (C=O) groups is 2. The first kappa shape index (κ1) is 29.2. The number of carbonyl (C=O) groups excluding carboxylic acids is 2. The smallest absolute Gasteiger partial charge is 0.275 e. The lowest BCUT2D eigenvalue weighted by atomic mass is 10.1. The fourth-order valence-corrected chi connectivity index (χ4v) is 4.12. The Balaban J connectivity index is 1.78. The van der Waals surface area contributed by atoms with Crippen LogP contribution in [0.5, 0.6) is 11.5 Å². The highest BCUT2D eigenvalue weighted by molar-refractivity contribution is 5.95. The summed E-state index contributed by atoms with van der Waals surface area (Å²) in [5.74, 6) is -1.17. The van der Waals surface area contributed by atoms with Gasteiger partial charge in [-0.3, -0.25) is 14.4 Å². The van der Waals surface area contributed by atoms with Gasteiger partial charge in [-0.25, -0.2) is 8.78 Å². The van der Waals surface area contributed by atoms with Gasteiger partial charge in [0.2, 0.25) is 5.91 Å². The van der Waals surface area contributed by atoms with Crippen LogP contribution in [0.15, 0.2) is 83.7 Å². The lowest BCUT2D eigenvalue weighted by Gasteiger charge is -2.18. The number of likely N-dealkylation sites (N-methyl/N-ethyl adjacent to an activating group) is 1. The maximum absolute atomic E-state index is 14.7. The van der Waals surface area contributed by atoms with Crippen LogP contribution < -0.4 is 20.9 Å². The lowest BCUT2D eigenvalue weighted by Crippen LogP contribution is -2.37. The Labute approximate surface area is 236 Å². The molecule has 0 radical (unpaired) electrons. The lowest BCUT2D eigenvalue weighted by molar-refractivity contribution is -0.117. The number of nitrogens with zero attached hydrogens (tertiary/aromatic N) is 2. The van der Waals surface area contributed by atoms with E-state index in [-0.39, 0.29) is 23.9 Å². The number of nitrogens with one attached hydrogen (secondary N) is 2. The third-order valence-electron chi connectivity index (χ3n) is 6.39. The number of halogens is 2. The molecule has 0 aliphatic rings. The van der Waals surface area contributed by atoms with Crippen LogP contribution in [-0.2, 0) is 11.3 Å². The molecule has 0 unspecified atom stereocenters. The monoisotopic (exact) mass is 560 g/mol. The highest BCUT2D eigenvalue weighted by Gasteiger charge is 2.18. The van der Waals surface area contributed by atoms with Crippen molar-refractivity contribution in [3.05, 3.63) is 112 Å². The summed E-state index contributed by atoms with van der Waals surface area (Å²) in [6.45, 7) is 1.58. The van der Waals surface area contributed by atoms with Crippen molar-refractivity contribution in [2.24, 2.45) is 0 Å². The van der Waals surface area contributed by atoms with Gasteiger partial charge in [-0.2, -0.15) is 0 Å². The molecule has 4 aromatic rings. The fourth-order valence-electron chi connectivity index (χ4n) is 4.12. The Morgan fingerprint density at radius 3 is 2.34 bits per heavy atom. The van der Waals surface area contributed by atoms with Crippen LogP contribution in [0.1, 0.15) is 22.8 Å². The molecule has 3 aromatic carbocycles. The molecule has 2 amide bonds. The Morgan fingerprint density at radius 2 is 1.66 bits per heavy atom. The molecule has 0 aliphatic heterocycles. The van der Waals surface area contributed by atoms with E-state index in [2.05, 4.69) is 10.6 Å². The van der Waals surface area contributed by atoms with E-state index in [9.17, 15) is 23.2 Å². The maximum Gasteiger partial charge on any atom is 0.275 e. The van der Waals surface area contributed by atoms with E-state index in [1.165, 1.54) is 51.9 Å². The minimum absolute atomic E-state index is 0.0422. The number of benzene rings is 3. The summed E-state index contributed by atoms with van der Waals surface area (Å²) in [7, 11) is 4.91. The number of amides is 2. The van der Waals surface area contributed by atoms with Crippen molar-refractivity contribution in [1.82, 2.24) is 14.8 Å². The summed E-state index contributed by atoms with van der Waals surface area (Å²) in [6.07, 6.45) is 0. The van der Waals surface area contributed by atoms with Crippen LogP contribution in [-0.4, -0.2) is 48.5 Å². The van der Waals surface area contributed by atoms with Crippen LogP contribution in [0.4, 0.5) is 14.5 Å². The normalized spacial score (nSPS) is 11.6. The first-order valence-corrected chi connectivity index (χ1v) is 12.8. The molecule has 0 saturated heterocycles. The van der Waals surface area contributed by atoms with Gasteiger partial charge in [-0.15, -0.1) is 0 Å². The van der Waals surface area contributed by atoms with Crippen LogP contribution in [0.25, 0.3) is 11.3 Å². The molecule has 4 rings (SSSR count). The maximum atomic E-state index is 14.7. The van der Waals surface area contributed by atoms with Crippen LogP contribution >= 0.6 is 0 Å². The van der Waals surface area contributed by atoms with E-state index >= 15 is 0 Å². The van der Waals surface area contributed by atoms with Crippen LogP contribution in [0, 0.1) is 11.6 Å². The quantitative estimate of drug-likeness (QED) is 0.304. The summed E-state index contributed by atoms with van der Waals surface area (Å²) in [6, 6.07) is 18.7. The summed E-state index contributed by atoms with van der Waals surface area (Å²) in [5, 5.41) is 5.47. The molecule has 212 valence electrons. The molecule has 8 nitrogen and oxygen atoms in total. The molecule has 10 heteroatoms. The minimum atomic E-state index is -0.597. The molecule has 0 saturated carbocycles. The van der Waals surface area contributed by atoms with Crippen molar-refractivity contribution in [1.29, 1.82) is 0 Å². The average molecular weight is 561 g/mol. The second-order valence-corrected chi connectivity index (χ2v) is 9.65. The van der Waals surface area contributed by atoms with Gasteiger partial charge in [0.05, 0.1) is 18.3 Å². The van der Waals surface area contributed by atoms with Gasteiger partial charge in [0.25, 0.3) is 11.5 Å². The summed E-state index contributed by atoms with van der Waals surface area (Å²) >= 11 is 0. The molecule has 1 heterocycles. The van der Waals surface area contributed by atoms with Crippen LogP contribution in [0.2, 0.25) is 0 Å². The molecule has 0 spiro atoms. The SMILES string of the molecule is CN[C@@H](C)C(=O)Nc1ccc(-c2cccc(C(=O)N(C)C)c2)n(Cc2cc(F)cc(Oc3ccc(F)cc3)c2)c1=O. The second kappa shape index (κ2) is 12.6. The first-order valence-electron chi connectivity index (χ1n) is 12.8. The third kappa shape index (κ3) is 7.03. The predicted octanol–water partition coefficient (Wildman–Crippen LogP) is 4.88. The Hall–Kier alpha value is -4.83. The Kier molecular flexibility index (Phi) is 8.94. The fraction of sp³-hybridized carbons (Fsp3) is 0.194. The number of hydrogen-bond donors (Lipinski definition) is 2. The molecule has 1 aromatic heterocycles. The zero-order valence-corrected chi connectivity index (χ0v) is 23.1. The van der Waals surface area contributed by atoms with Crippen molar-refractivity contribution in [2.75, 3.05) is 26.5 Å². The standard InChI is InChI=1S/C31H30F2N4O4/c1-19(34-2)29(38)35-27-12-13-28(21-6-5-7-22(16-21)30(39)36(3)4)37(31(27)40)18-20-14-24(33)17-26(15-20)41-25-10-8-23(32)9-11-25/h5-17,19,34H,18H2,1-4H3,(H,35,38)/t19-/m0/s1. The number of rotatable bonds is 9. The molecule has 0 fully saturated rings. The number of anilines is 1. The van der Waals surface area contributed by atoms with E-state index in [4.69, 9.17) is 4.74 Å². The number of pyridine rings is 1. The summed E-state index contributed by atoms with van der Waals surface area (Å²) in [5.41, 5.74) is 1.38. The largest absolute Gasteiger partial charge is 0.457 e. The molecule has 1 atom stereocenters. The van der Waals surface area contributed by atoms with Crippen LogP contribution in [0.3, 0.4) is 0 Å². The van der Waals surface area contributed by atoms with Gasteiger partial charge in [-0.1, -0.05) is 12.1 Å². The highest BCUT2D eigenvalue weighted by Crippen LogP contribution is 2.26. The van der Waals surface area contributed by atoms with E-state index in [1.807, 2.05) is 0 Å². The van der Waals surface area contributed by atoms with Gasteiger partial charge < -0.3 is 24.8 Å². The van der Waals surface area contributed by atoms with E-state index in [0.29, 0.717) is 28.1 Å². The molecular weight excluding hydrogens is 530 g/mol. The Bertz CT molecular complexity index is 1630. The highest BCUT2D eigenvalue weighted by atomic mass is 19.1. The predicted molar refractivity (Wildman–Crippen MR) is 153 cm³/mol. The number of ether oxygens (including phenoxy) is 1. The van der Waals surface area contributed by atoms with E-state index in [1.54, 1.807) is 64.5 Å². The topological polar surface area (TPSA) is 92.7 Å². The number of aromatic nitrogens is 1. The molecule has 0 aliphatic carbocycles. The van der Waals surface area contributed by atoms with Crippen molar-refractivity contribution in [3.8, 4) is 22.8 Å². The first-order chi connectivity index (χ1) is 19.5.